The summed E-state index contributed by atoms with van der Waals surface area (Å²) in [5.74, 6) is -3.28. The molecule has 3 N–H and O–H groups in total. The number of aliphatic hydroxyl groups excluding tert-OH is 2. The van der Waals surface area contributed by atoms with E-state index in [2.05, 4.69) is 136 Å². The predicted octanol–water partition coefficient (Wildman–Crippen LogP) is 18.9. The van der Waals surface area contributed by atoms with Gasteiger partial charge >= 0.3 is 23.9 Å². The van der Waals surface area contributed by atoms with Crippen LogP contribution >= 0.6 is 0 Å². The van der Waals surface area contributed by atoms with Crippen LogP contribution in [0, 0.1) is 0 Å². The predicted molar refractivity (Wildman–Crippen MR) is 358 cm³/mol. The highest BCUT2D eigenvalue weighted by Gasteiger charge is 2.50. The van der Waals surface area contributed by atoms with E-state index in [0.29, 0.717) is 25.7 Å². The number of carboxylic acid groups (broad SMARTS) is 1. The number of carboxylic acids is 1. The lowest BCUT2D eigenvalue weighted by molar-refractivity contribution is -0.301. The molecule has 1 aliphatic heterocycles. The van der Waals surface area contributed by atoms with Gasteiger partial charge in [-0.15, -0.1) is 0 Å². The van der Waals surface area contributed by atoms with E-state index in [-0.39, 0.29) is 25.9 Å². The number of carbonyl (C=O) groups is 4. The van der Waals surface area contributed by atoms with E-state index in [9.17, 15) is 34.5 Å². The molecule has 12 heteroatoms. The largest absolute Gasteiger partial charge is 0.479 e. The van der Waals surface area contributed by atoms with Gasteiger partial charge in [-0.05, 0) is 103 Å². The van der Waals surface area contributed by atoms with Crippen molar-refractivity contribution >= 4 is 23.9 Å². The van der Waals surface area contributed by atoms with Crippen molar-refractivity contribution in [3.8, 4) is 0 Å². The van der Waals surface area contributed by atoms with E-state index >= 15 is 0 Å². The van der Waals surface area contributed by atoms with Crippen molar-refractivity contribution in [1.82, 2.24) is 0 Å². The normalized spacial score (nSPS) is 18.2. The SMILES string of the molecule is CC/C=C\C/C=C\C/C=C\C/C=C\C/C=C\C/C=C\CCC(=O)OC1C(OCC(COC(=O)CCCCC/C=C\C/C=C\C/C=C\C/C=C\C/C=C\CC)OC(=O)CCCCCCCCCCCCCCCCCCCCC)OC(C(=O)O)C(O)C1O. The summed E-state index contributed by atoms with van der Waals surface area (Å²) in [5, 5.41) is 31.6. The minimum Gasteiger partial charge on any atom is -0.479 e. The molecular formula is C75H120O12. The smallest absolute Gasteiger partial charge is 0.335 e. The molecule has 1 fully saturated rings. The Hall–Kier alpha value is -5.14. The summed E-state index contributed by atoms with van der Waals surface area (Å²) < 4.78 is 28.5. The fourth-order valence-electron chi connectivity index (χ4n) is 9.60. The Labute approximate surface area is 528 Å². The third-order valence-corrected chi connectivity index (χ3v) is 14.7. The molecule has 0 radical (unpaired) electrons. The first kappa shape index (κ1) is 79.9. The van der Waals surface area contributed by atoms with E-state index < -0.39 is 67.3 Å². The summed E-state index contributed by atoms with van der Waals surface area (Å²) in [6.45, 7) is 5.74. The molecule has 1 rings (SSSR count). The molecule has 12 nitrogen and oxygen atoms in total. The Morgan fingerprint density at radius 3 is 1.15 bits per heavy atom. The molecule has 0 aliphatic carbocycles. The fraction of sp³-hybridized carbons (Fsp3) is 0.653. The second-order valence-corrected chi connectivity index (χ2v) is 22.7. The molecule has 0 saturated carbocycles. The van der Waals surface area contributed by atoms with Crippen molar-refractivity contribution in [1.29, 1.82) is 0 Å². The second kappa shape index (κ2) is 61.1. The van der Waals surface area contributed by atoms with Crippen molar-refractivity contribution in [2.75, 3.05) is 13.2 Å². The molecule has 0 bridgehead atoms. The first-order valence-corrected chi connectivity index (χ1v) is 34.2. The van der Waals surface area contributed by atoms with Gasteiger partial charge in [-0.25, -0.2) is 4.79 Å². The summed E-state index contributed by atoms with van der Waals surface area (Å²) >= 11 is 0. The van der Waals surface area contributed by atoms with Crippen molar-refractivity contribution in [3.05, 3.63) is 134 Å². The zero-order chi connectivity index (χ0) is 63.1. The summed E-state index contributed by atoms with van der Waals surface area (Å²) in [7, 11) is 0. The Bertz CT molecular complexity index is 2020. The highest BCUT2D eigenvalue weighted by atomic mass is 16.7. The highest BCUT2D eigenvalue weighted by Crippen LogP contribution is 2.26. The Morgan fingerprint density at radius 2 is 0.747 bits per heavy atom. The molecule has 492 valence electrons. The van der Waals surface area contributed by atoms with Crippen molar-refractivity contribution in [3.63, 3.8) is 0 Å². The number of rotatable bonds is 57. The molecule has 6 unspecified atom stereocenters. The first-order valence-electron chi connectivity index (χ1n) is 34.2. The van der Waals surface area contributed by atoms with E-state index in [1.54, 1.807) is 0 Å². The Balaban J connectivity index is 2.72. The molecule has 0 spiro atoms. The zero-order valence-electron chi connectivity index (χ0n) is 54.5. The van der Waals surface area contributed by atoms with Crippen LogP contribution in [0.2, 0.25) is 0 Å². The Kier molecular flexibility index (Phi) is 56.1. The number of hydrogen-bond donors (Lipinski definition) is 3. The molecule has 0 amide bonds. The standard InChI is InChI=1S/C75H120O12/c1-4-7-10-13-16-19-22-25-28-31-34-37-40-43-46-49-52-55-58-61-67(76)83-64-66(85-68(77)62-59-56-53-50-47-44-41-38-35-32-29-26-23-20-17-14-11-8-5-2)65-84-75-73(71(80)70(79)72(87-75)74(81)82)86-69(78)63-60-57-54-51-48-45-42-39-36-33-30-27-24-21-18-15-12-9-6-3/h7,9-10,12,16,18-19,21,25,27-28,30,34,36-37,39,43,45-46,48,54,57,66,70-73,75,79-80H,4-6,8,11,13-15,17,20,22-24,26,29,31-33,35,38,40-42,44,47,49-53,55-56,58-65H2,1-3H3,(H,81,82)/b10-7-,12-9-,19-16-,21-18-,28-25-,30-27-,37-34-,39-36-,46-43-,48-45-,57-54-. The van der Waals surface area contributed by atoms with Crippen LogP contribution in [-0.2, 0) is 42.9 Å². The van der Waals surface area contributed by atoms with E-state index in [1.807, 2.05) is 18.2 Å². The van der Waals surface area contributed by atoms with Crippen LogP contribution in [0.5, 0.6) is 0 Å². The van der Waals surface area contributed by atoms with Gasteiger partial charge in [0.15, 0.2) is 24.6 Å². The van der Waals surface area contributed by atoms with Gasteiger partial charge in [0, 0.05) is 19.3 Å². The maximum atomic E-state index is 13.2. The minimum atomic E-state index is -1.94. The number of hydrogen-bond acceptors (Lipinski definition) is 11. The first-order chi connectivity index (χ1) is 42.6. The summed E-state index contributed by atoms with van der Waals surface area (Å²) in [4.78, 5) is 51.4. The molecule has 1 saturated heterocycles. The fourth-order valence-corrected chi connectivity index (χ4v) is 9.60. The third-order valence-electron chi connectivity index (χ3n) is 14.7. The number of aliphatic hydroxyl groups is 2. The topological polar surface area (TPSA) is 175 Å². The van der Waals surface area contributed by atoms with E-state index in [1.165, 1.54) is 96.3 Å². The summed E-state index contributed by atoms with van der Waals surface area (Å²) in [6.07, 6.45) is 74.2. The monoisotopic (exact) mass is 1210 g/mol. The van der Waals surface area contributed by atoms with Gasteiger partial charge in [0.05, 0.1) is 6.61 Å². The lowest BCUT2D eigenvalue weighted by Crippen LogP contribution is -2.61. The van der Waals surface area contributed by atoms with Gasteiger partial charge in [-0.3, -0.25) is 14.4 Å². The van der Waals surface area contributed by atoms with Crippen LogP contribution in [0.4, 0.5) is 0 Å². The lowest BCUT2D eigenvalue weighted by atomic mass is 9.98. The van der Waals surface area contributed by atoms with Crippen LogP contribution in [-0.4, -0.2) is 89.2 Å². The maximum absolute atomic E-state index is 13.2. The van der Waals surface area contributed by atoms with Crippen molar-refractivity contribution in [2.45, 2.75) is 302 Å². The van der Waals surface area contributed by atoms with Gasteiger partial charge in [-0.1, -0.05) is 276 Å². The minimum absolute atomic E-state index is 0.0738. The van der Waals surface area contributed by atoms with Gasteiger partial charge in [0.25, 0.3) is 0 Å². The van der Waals surface area contributed by atoms with Crippen LogP contribution < -0.4 is 0 Å². The van der Waals surface area contributed by atoms with E-state index in [0.717, 1.165) is 103 Å². The summed E-state index contributed by atoms with van der Waals surface area (Å²) in [5.41, 5.74) is 0. The quantitative estimate of drug-likeness (QED) is 0.0228. The number of carbonyl (C=O) groups excluding carboxylic acids is 3. The van der Waals surface area contributed by atoms with Crippen LogP contribution in [0.15, 0.2) is 134 Å². The van der Waals surface area contributed by atoms with Gasteiger partial charge in [0.1, 0.15) is 18.8 Å². The number of aliphatic carboxylic acids is 1. The number of ether oxygens (including phenoxy) is 5. The van der Waals surface area contributed by atoms with Gasteiger partial charge < -0.3 is 39.0 Å². The molecule has 0 aromatic rings. The Morgan fingerprint density at radius 1 is 0.391 bits per heavy atom. The molecule has 0 aromatic carbocycles. The van der Waals surface area contributed by atoms with Crippen molar-refractivity contribution in [2.24, 2.45) is 0 Å². The van der Waals surface area contributed by atoms with Crippen LogP contribution in [0.1, 0.15) is 265 Å². The van der Waals surface area contributed by atoms with Crippen molar-refractivity contribution < 1.29 is 58.2 Å². The molecule has 1 heterocycles. The molecule has 6 atom stereocenters. The maximum Gasteiger partial charge on any atom is 0.335 e. The van der Waals surface area contributed by atoms with Gasteiger partial charge in [0.2, 0.25) is 0 Å². The summed E-state index contributed by atoms with van der Waals surface area (Å²) in [6, 6.07) is 0. The number of unbranched alkanes of at least 4 members (excludes halogenated alkanes) is 21. The van der Waals surface area contributed by atoms with Crippen LogP contribution in [0.25, 0.3) is 0 Å². The average Bonchev–Trinajstić information content (AvgIpc) is 2.60. The molecular weight excluding hydrogens is 1090 g/mol. The number of esters is 3. The molecule has 1 aliphatic rings. The lowest BCUT2D eigenvalue weighted by Gasteiger charge is -2.40. The molecule has 0 aromatic heterocycles. The van der Waals surface area contributed by atoms with Gasteiger partial charge in [-0.2, -0.15) is 0 Å². The highest BCUT2D eigenvalue weighted by molar-refractivity contribution is 5.74. The molecule has 87 heavy (non-hydrogen) atoms. The van der Waals surface area contributed by atoms with Crippen LogP contribution in [0.3, 0.4) is 0 Å². The third kappa shape index (κ3) is 50.4. The van der Waals surface area contributed by atoms with E-state index in [4.69, 9.17) is 23.7 Å². The second-order valence-electron chi connectivity index (χ2n) is 22.7. The average molecular weight is 1210 g/mol. The zero-order valence-corrected chi connectivity index (χ0v) is 54.5. The number of allylic oxidation sites excluding steroid dienone is 22.